The summed E-state index contributed by atoms with van der Waals surface area (Å²) in [5.74, 6) is 0.745. The van der Waals surface area contributed by atoms with Crippen LogP contribution in [0, 0.1) is 0 Å². The molecule has 0 fully saturated rings. The van der Waals surface area contributed by atoms with Crippen molar-refractivity contribution in [2.24, 2.45) is 0 Å². The third kappa shape index (κ3) is 4.53. The fraction of sp³-hybridized carbons (Fsp3) is 0.235. The fourth-order valence-corrected chi connectivity index (χ4v) is 2.82. The Labute approximate surface area is 129 Å². The SMILES string of the molecule is CC(C)c1ccccc1NC(=O)CSc1cccc(N)c1. The van der Waals surface area contributed by atoms with Crippen LogP contribution < -0.4 is 11.1 Å². The zero-order valence-electron chi connectivity index (χ0n) is 12.3. The van der Waals surface area contributed by atoms with Crippen molar-refractivity contribution in [3.63, 3.8) is 0 Å². The van der Waals surface area contributed by atoms with Crippen LogP contribution in [0.3, 0.4) is 0 Å². The molecule has 0 spiro atoms. The first-order chi connectivity index (χ1) is 10.1. The van der Waals surface area contributed by atoms with Crippen molar-refractivity contribution in [3.8, 4) is 0 Å². The van der Waals surface area contributed by atoms with Crippen molar-refractivity contribution >= 4 is 29.0 Å². The number of anilines is 2. The number of carbonyl (C=O) groups is 1. The summed E-state index contributed by atoms with van der Waals surface area (Å²) in [4.78, 5) is 13.1. The van der Waals surface area contributed by atoms with Crippen LogP contribution in [-0.2, 0) is 4.79 Å². The molecule has 0 aliphatic heterocycles. The fourth-order valence-electron chi connectivity index (χ4n) is 2.05. The second-order valence-corrected chi connectivity index (χ2v) is 6.20. The van der Waals surface area contributed by atoms with Crippen LogP contribution in [0.25, 0.3) is 0 Å². The van der Waals surface area contributed by atoms with Gasteiger partial charge in [0.2, 0.25) is 5.91 Å². The molecule has 0 aliphatic rings. The molecule has 3 N–H and O–H groups in total. The number of nitrogen functional groups attached to an aromatic ring is 1. The standard InChI is InChI=1S/C17H20N2OS/c1-12(2)15-8-3-4-9-16(15)19-17(20)11-21-14-7-5-6-13(18)10-14/h3-10,12H,11,18H2,1-2H3,(H,19,20). The highest BCUT2D eigenvalue weighted by Crippen LogP contribution is 2.25. The highest BCUT2D eigenvalue weighted by Gasteiger charge is 2.09. The van der Waals surface area contributed by atoms with Gasteiger partial charge in [0.15, 0.2) is 0 Å². The van der Waals surface area contributed by atoms with E-state index in [1.54, 1.807) is 0 Å². The van der Waals surface area contributed by atoms with Gasteiger partial charge < -0.3 is 11.1 Å². The van der Waals surface area contributed by atoms with Crippen molar-refractivity contribution in [2.45, 2.75) is 24.7 Å². The van der Waals surface area contributed by atoms with Crippen LogP contribution in [0.15, 0.2) is 53.4 Å². The van der Waals surface area contributed by atoms with Gasteiger partial charge in [-0.15, -0.1) is 11.8 Å². The molecule has 21 heavy (non-hydrogen) atoms. The van der Waals surface area contributed by atoms with Gasteiger partial charge in [-0.2, -0.15) is 0 Å². The van der Waals surface area contributed by atoms with E-state index in [0.717, 1.165) is 16.1 Å². The van der Waals surface area contributed by atoms with Gasteiger partial charge >= 0.3 is 0 Å². The minimum absolute atomic E-state index is 0.00414. The summed E-state index contributed by atoms with van der Waals surface area (Å²) >= 11 is 1.48. The summed E-state index contributed by atoms with van der Waals surface area (Å²) < 4.78 is 0. The van der Waals surface area contributed by atoms with E-state index in [0.29, 0.717) is 17.4 Å². The lowest BCUT2D eigenvalue weighted by Crippen LogP contribution is -2.15. The van der Waals surface area contributed by atoms with Crippen LogP contribution in [0.2, 0.25) is 0 Å². The van der Waals surface area contributed by atoms with Crippen molar-refractivity contribution in [3.05, 3.63) is 54.1 Å². The smallest absolute Gasteiger partial charge is 0.234 e. The molecule has 0 saturated carbocycles. The molecule has 0 aliphatic carbocycles. The number of carbonyl (C=O) groups excluding carboxylic acids is 1. The molecular weight excluding hydrogens is 280 g/mol. The lowest BCUT2D eigenvalue weighted by Gasteiger charge is -2.13. The van der Waals surface area contributed by atoms with Gasteiger partial charge in [0.25, 0.3) is 0 Å². The van der Waals surface area contributed by atoms with Gasteiger partial charge in [-0.25, -0.2) is 0 Å². The third-order valence-corrected chi connectivity index (χ3v) is 4.08. The van der Waals surface area contributed by atoms with Crippen LogP contribution >= 0.6 is 11.8 Å². The van der Waals surface area contributed by atoms with Crippen molar-refractivity contribution < 1.29 is 4.79 Å². The summed E-state index contributed by atoms with van der Waals surface area (Å²) in [6.45, 7) is 4.24. The molecule has 0 aromatic heterocycles. The molecule has 3 nitrogen and oxygen atoms in total. The Bertz CT molecular complexity index is 626. The quantitative estimate of drug-likeness (QED) is 0.645. The van der Waals surface area contributed by atoms with Gasteiger partial charge in [0, 0.05) is 16.3 Å². The first-order valence-corrected chi connectivity index (χ1v) is 7.92. The van der Waals surface area contributed by atoms with Gasteiger partial charge in [-0.1, -0.05) is 38.1 Å². The van der Waals surface area contributed by atoms with E-state index in [1.807, 2.05) is 48.5 Å². The molecule has 0 radical (unpaired) electrons. The van der Waals surface area contributed by atoms with Crippen molar-refractivity contribution in [2.75, 3.05) is 16.8 Å². The van der Waals surface area contributed by atoms with Gasteiger partial charge in [-0.05, 0) is 35.7 Å². The third-order valence-electron chi connectivity index (χ3n) is 3.08. The largest absolute Gasteiger partial charge is 0.399 e. The molecule has 0 unspecified atom stereocenters. The van der Waals surface area contributed by atoms with E-state index in [4.69, 9.17) is 5.73 Å². The van der Waals surface area contributed by atoms with E-state index < -0.39 is 0 Å². The zero-order chi connectivity index (χ0) is 15.2. The van der Waals surface area contributed by atoms with Gasteiger partial charge in [0.05, 0.1) is 5.75 Å². The number of thioether (sulfide) groups is 1. The molecule has 110 valence electrons. The molecule has 2 aromatic carbocycles. The average Bonchev–Trinajstić information content (AvgIpc) is 2.45. The molecule has 4 heteroatoms. The maximum Gasteiger partial charge on any atom is 0.234 e. The Balaban J connectivity index is 1.96. The van der Waals surface area contributed by atoms with E-state index in [1.165, 1.54) is 11.8 Å². The van der Waals surface area contributed by atoms with Crippen LogP contribution in [0.5, 0.6) is 0 Å². The molecular formula is C17H20N2OS. The van der Waals surface area contributed by atoms with Crippen LogP contribution in [-0.4, -0.2) is 11.7 Å². The Hall–Kier alpha value is -1.94. The number of para-hydroxylation sites is 1. The molecule has 0 heterocycles. The van der Waals surface area contributed by atoms with Gasteiger partial charge in [0.1, 0.15) is 0 Å². The topological polar surface area (TPSA) is 55.1 Å². The van der Waals surface area contributed by atoms with Crippen LogP contribution in [0.1, 0.15) is 25.3 Å². The minimum atomic E-state index is -0.00414. The van der Waals surface area contributed by atoms with Crippen molar-refractivity contribution in [1.29, 1.82) is 0 Å². The predicted octanol–water partition coefficient (Wildman–Crippen LogP) is 4.12. The number of benzene rings is 2. The number of rotatable bonds is 5. The Morgan fingerprint density at radius 3 is 2.67 bits per heavy atom. The van der Waals surface area contributed by atoms with E-state index >= 15 is 0 Å². The second kappa shape index (κ2) is 7.18. The molecule has 0 bridgehead atoms. The zero-order valence-corrected chi connectivity index (χ0v) is 13.1. The number of hydrogen-bond donors (Lipinski definition) is 2. The Morgan fingerprint density at radius 2 is 1.95 bits per heavy atom. The summed E-state index contributed by atoms with van der Waals surface area (Å²) in [7, 11) is 0. The van der Waals surface area contributed by atoms with E-state index in [2.05, 4.69) is 19.2 Å². The lowest BCUT2D eigenvalue weighted by molar-refractivity contribution is -0.113. The summed E-state index contributed by atoms with van der Waals surface area (Å²) in [5, 5.41) is 2.99. The maximum absolute atomic E-state index is 12.1. The molecule has 2 aromatic rings. The van der Waals surface area contributed by atoms with Crippen LogP contribution in [0.4, 0.5) is 11.4 Å². The van der Waals surface area contributed by atoms with Gasteiger partial charge in [-0.3, -0.25) is 4.79 Å². The number of nitrogens with one attached hydrogen (secondary N) is 1. The normalized spacial score (nSPS) is 10.6. The highest BCUT2D eigenvalue weighted by molar-refractivity contribution is 8.00. The minimum Gasteiger partial charge on any atom is -0.399 e. The molecule has 2 rings (SSSR count). The lowest BCUT2D eigenvalue weighted by atomic mass is 10.0. The molecule has 0 atom stereocenters. The number of hydrogen-bond acceptors (Lipinski definition) is 3. The van der Waals surface area contributed by atoms with E-state index in [-0.39, 0.29) is 5.91 Å². The summed E-state index contributed by atoms with van der Waals surface area (Å²) in [5.41, 5.74) is 8.49. The Kier molecular flexibility index (Phi) is 5.28. The second-order valence-electron chi connectivity index (χ2n) is 5.15. The highest BCUT2D eigenvalue weighted by atomic mass is 32.2. The first kappa shape index (κ1) is 15.4. The predicted molar refractivity (Wildman–Crippen MR) is 90.7 cm³/mol. The maximum atomic E-state index is 12.1. The first-order valence-electron chi connectivity index (χ1n) is 6.93. The Morgan fingerprint density at radius 1 is 1.19 bits per heavy atom. The van der Waals surface area contributed by atoms with Crippen molar-refractivity contribution in [1.82, 2.24) is 0 Å². The molecule has 1 amide bonds. The van der Waals surface area contributed by atoms with E-state index in [9.17, 15) is 4.79 Å². The molecule has 0 saturated heterocycles. The summed E-state index contributed by atoms with van der Waals surface area (Å²) in [6.07, 6.45) is 0. The monoisotopic (exact) mass is 300 g/mol. The number of amides is 1. The summed E-state index contributed by atoms with van der Waals surface area (Å²) in [6, 6.07) is 15.5. The average molecular weight is 300 g/mol. The number of nitrogens with two attached hydrogens (primary N) is 1.